The van der Waals surface area contributed by atoms with Crippen molar-refractivity contribution in [1.29, 1.82) is 0 Å². The number of aromatic nitrogens is 3. The Morgan fingerprint density at radius 2 is 1.90 bits per heavy atom. The van der Waals surface area contributed by atoms with Crippen LogP contribution in [0.25, 0.3) is 0 Å². The fourth-order valence-corrected chi connectivity index (χ4v) is 3.71. The molecule has 0 aliphatic carbocycles. The van der Waals surface area contributed by atoms with Crippen molar-refractivity contribution in [3.8, 4) is 5.75 Å². The smallest absolute Gasteiger partial charge is 0.234 e. The first-order valence-electron chi connectivity index (χ1n) is 8.76. The Hall–Kier alpha value is -2.55. The van der Waals surface area contributed by atoms with Gasteiger partial charge in [-0.2, -0.15) is 0 Å². The molecule has 0 unspecified atom stereocenters. The van der Waals surface area contributed by atoms with Gasteiger partial charge in [0.25, 0.3) is 0 Å². The normalized spacial score (nSPS) is 10.6. The number of carbonyl (C=O) groups excluding carboxylic acids is 1. The lowest BCUT2D eigenvalue weighted by Crippen LogP contribution is -2.15. The molecule has 0 saturated heterocycles. The first kappa shape index (κ1) is 22.1. The van der Waals surface area contributed by atoms with Gasteiger partial charge in [0.2, 0.25) is 5.91 Å². The summed E-state index contributed by atoms with van der Waals surface area (Å²) in [6.07, 6.45) is 1.69. The number of benzene rings is 2. The summed E-state index contributed by atoms with van der Waals surface area (Å²) in [7, 11) is 0. The average molecular weight is 467 g/mol. The molecule has 0 spiro atoms. The van der Waals surface area contributed by atoms with Crippen LogP contribution in [0.15, 0.2) is 60.3 Å². The quantitative estimate of drug-likeness (QED) is 0.345. The van der Waals surface area contributed by atoms with Crippen molar-refractivity contribution in [1.82, 2.24) is 14.8 Å². The van der Waals surface area contributed by atoms with Crippen LogP contribution in [0.4, 0.5) is 10.1 Å². The number of para-hydroxylation sites is 1. The first-order valence-corrected chi connectivity index (χ1v) is 10.5. The molecule has 10 heteroatoms. The van der Waals surface area contributed by atoms with E-state index in [4.69, 9.17) is 27.9 Å². The number of halogens is 3. The molecule has 2 aromatic carbocycles. The fourth-order valence-electron chi connectivity index (χ4n) is 2.45. The average Bonchev–Trinajstić information content (AvgIpc) is 3.11. The third kappa shape index (κ3) is 5.75. The summed E-state index contributed by atoms with van der Waals surface area (Å²) in [5.74, 6) is 0.515. The summed E-state index contributed by atoms with van der Waals surface area (Å²) in [4.78, 5) is 12.3. The Labute approximate surface area is 187 Å². The van der Waals surface area contributed by atoms with E-state index in [0.29, 0.717) is 39.0 Å². The first-order chi connectivity index (χ1) is 14.5. The highest BCUT2D eigenvalue weighted by atomic mass is 35.5. The van der Waals surface area contributed by atoms with E-state index < -0.39 is 0 Å². The lowest BCUT2D eigenvalue weighted by Gasteiger charge is -2.10. The Balaban J connectivity index is 1.63. The number of ether oxygens (including phenoxy) is 1. The number of amides is 1. The SMILES string of the molecule is C=CCn1c(COc2ccc(F)cc2)nnc1SCC(=O)Nc1c(Cl)cccc1Cl. The van der Waals surface area contributed by atoms with E-state index in [0.717, 1.165) is 0 Å². The monoisotopic (exact) mass is 466 g/mol. The van der Waals surface area contributed by atoms with Crippen molar-refractivity contribution in [3.63, 3.8) is 0 Å². The van der Waals surface area contributed by atoms with Crippen molar-refractivity contribution < 1.29 is 13.9 Å². The highest BCUT2D eigenvalue weighted by Gasteiger charge is 2.15. The summed E-state index contributed by atoms with van der Waals surface area (Å²) in [5, 5.41) is 12.2. The van der Waals surface area contributed by atoms with Gasteiger partial charge in [-0.25, -0.2) is 4.39 Å². The molecule has 0 atom stereocenters. The van der Waals surface area contributed by atoms with Crippen LogP contribution in [-0.2, 0) is 17.9 Å². The van der Waals surface area contributed by atoms with Gasteiger partial charge < -0.3 is 10.1 Å². The van der Waals surface area contributed by atoms with Gasteiger partial charge in [0.1, 0.15) is 18.2 Å². The maximum atomic E-state index is 13.0. The topological polar surface area (TPSA) is 69.0 Å². The number of allylic oxidation sites excluding steroid dienone is 1. The maximum absolute atomic E-state index is 13.0. The van der Waals surface area contributed by atoms with E-state index in [-0.39, 0.29) is 24.1 Å². The minimum atomic E-state index is -0.341. The lowest BCUT2D eigenvalue weighted by molar-refractivity contribution is -0.113. The van der Waals surface area contributed by atoms with Gasteiger partial charge in [-0.1, -0.05) is 47.1 Å². The minimum absolute atomic E-state index is 0.0790. The molecule has 0 fully saturated rings. The Morgan fingerprint density at radius 1 is 1.20 bits per heavy atom. The number of thioether (sulfide) groups is 1. The number of nitrogens with one attached hydrogen (secondary N) is 1. The molecule has 1 N–H and O–H groups in total. The molecular formula is C20H17Cl2FN4O2S. The van der Waals surface area contributed by atoms with Crippen LogP contribution in [-0.4, -0.2) is 26.4 Å². The molecule has 0 aliphatic rings. The number of carbonyl (C=O) groups is 1. The third-order valence-corrected chi connectivity index (χ3v) is 5.44. The van der Waals surface area contributed by atoms with Gasteiger partial charge in [-0.3, -0.25) is 9.36 Å². The zero-order chi connectivity index (χ0) is 21.5. The predicted molar refractivity (Wildman–Crippen MR) is 117 cm³/mol. The summed E-state index contributed by atoms with van der Waals surface area (Å²) >= 11 is 13.4. The van der Waals surface area contributed by atoms with Gasteiger partial charge in [0, 0.05) is 6.54 Å². The molecule has 3 aromatic rings. The number of rotatable bonds is 9. The molecule has 0 bridgehead atoms. The second kappa shape index (κ2) is 10.5. The molecule has 156 valence electrons. The highest BCUT2D eigenvalue weighted by molar-refractivity contribution is 7.99. The van der Waals surface area contributed by atoms with Gasteiger partial charge in [0.05, 0.1) is 21.5 Å². The van der Waals surface area contributed by atoms with Crippen LogP contribution < -0.4 is 10.1 Å². The molecule has 0 aliphatic heterocycles. The zero-order valence-electron chi connectivity index (χ0n) is 15.6. The summed E-state index contributed by atoms with van der Waals surface area (Å²) < 4.78 is 20.4. The molecule has 30 heavy (non-hydrogen) atoms. The van der Waals surface area contributed by atoms with E-state index >= 15 is 0 Å². The van der Waals surface area contributed by atoms with Gasteiger partial charge in [0.15, 0.2) is 11.0 Å². The second-order valence-electron chi connectivity index (χ2n) is 5.97. The summed E-state index contributed by atoms with van der Waals surface area (Å²) in [5.41, 5.74) is 0.368. The standard InChI is InChI=1S/C20H17Cl2FN4O2S/c1-2-10-27-17(11-29-14-8-6-13(23)7-9-14)25-26-20(27)30-12-18(28)24-19-15(21)4-3-5-16(19)22/h2-9H,1,10-12H2,(H,24,28). The van der Waals surface area contributed by atoms with Gasteiger partial charge >= 0.3 is 0 Å². The zero-order valence-corrected chi connectivity index (χ0v) is 18.0. The number of nitrogens with zero attached hydrogens (tertiary/aromatic N) is 3. The Morgan fingerprint density at radius 3 is 2.57 bits per heavy atom. The van der Waals surface area contributed by atoms with E-state index in [1.165, 1.54) is 36.0 Å². The minimum Gasteiger partial charge on any atom is -0.486 e. The van der Waals surface area contributed by atoms with Crippen LogP contribution in [0.2, 0.25) is 10.0 Å². The molecule has 3 rings (SSSR count). The van der Waals surface area contributed by atoms with Crippen molar-refractivity contribution >= 4 is 46.6 Å². The van der Waals surface area contributed by atoms with Crippen molar-refractivity contribution in [2.45, 2.75) is 18.3 Å². The van der Waals surface area contributed by atoms with Crippen LogP contribution in [0.1, 0.15) is 5.82 Å². The number of hydrogen-bond acceptors (Lipinski definition) is 5. The predicted octanol–water partition coefficient (Wildman–Crippen LogP) is 5.22. The summed E-state index contributed by atoms with van der Waals surface area (Å²) in [6.45, 7) is 4.31. The largest absolute Gasteiger partial charge is 0.486 e. The van der Waals surface area contributed by atoms with Gasteiger partial charge in [-0.15, -0.1) is 16.8 Å². The molecule has 6 nitrogen and oxygen atoms in total. The molecule has 1 aromatic heterocycles. The van der Waals surface area contributed by atoms with Crippen LogP contribution >= 0.6 is 35.0 Å². The van der Waals surface area contributed by atoms with Crippen LogP contribution in [0.3, 0.4) is 0 Å². The second-order valence-corrected chi connectivity index (χ2v) is 7.73. The van der Waals surface area contributed by atoms with E-state index in [9.17, 15) is 9.18 Å². The molecule has 1 heterocycles. The molecule has 0 saturated carbocycles. The van der Waals surface area contributed by atoms with Gasteiger partial charge in [-0.05, 0) is 36.4 Å². The molecular weight excluding hydrogens is 450 g/mol. The molecule has 0 radical (unpaired) electrons. The van der Waals surface area contributed by atoms with E-state index in [1.807, 2.05) is 0 Å². The maximum Gasteiger partial charge on any atom is 0.234 e. The van der Waals surface area contributed by atoms with E-state index in [1.54, 1.807) is 28.8 Å². The van der Waals surface area contributed by atoms with Crippen molar-refractivity contribution in [3.05, 3.63) is 76.8 Å². The van der Waals surface area contributed by atoms with Crippen LogP contribution in [0, 0.1) is 5.82 Å². The third-order valence-electron chi connectivity index (χ3n) is 3.85. The van der Waals surface area contributed by atoms with Crippen molar-refractivity contribution in [2.24, 2.45) is 0 Å². The number of anilines is 1. The fraction of sp³-hybridized carbons (Fsp3) is 0.150. The van der Waals surface area contributed by atoms with Crippen LogP contribution in [0.5, 0.6) is 5.75 Å². The Kier molecular flexibility index (Phi) is 7.73. The Bertz CT molecular complexity index is 1020. The molecule has 1 amide bonds. The number of hydrogen-bond donors (Lipinski definition) is 1. The summed E-state index contributed by atoms with van der Waals surface area (Å²) in [6, 6.07) is 10.7. The highest BCUT2D eigenvalue weighted by Crippen LogP contribution is 2.30. The lowest BCUT2D eigenvalue weighted by atomic mass is 10.3. The van der Waals surface area contributed by atoms with Crippen molar-refractivity contribution in [2.75, 3.05) is 11.1 Å². The van der Waals surface area contributed by atoms with E-state index in [2.05, 4.69) is 22.1 Å².